The molecular formula is C21H28N4O4. The Kier molecular flexibility index (Phi) is 5.80. The van der Waals surface area contributed by atoms with Crippen LogP contribution in [0.4, 0.5) is 0 Å². The zero-order chi connectivity index (χ0) is 20.4. The van der Waals surface area contributed by atoms with Crippen molar-refractivity contribution in [1.29, 1.82) is 0 Å². The van der Waals surface area contributed by atoms with Crippen molar-refractivity contribution < 1.29 is 18.8 Å². The Hall–Kier alpha value is -2.48. The maximum atomic E-state index is 12.7. The highest BCUT2D eigenvalue weighted by Crippen LogP contribution is 2.31. The third-order valence-electron chi connectivity index (χ3n) is 5.86. The number of fused-ring (bicyclic) bond motifs is 1. The van der Waals surface area contributed by atoms with E-state index in [4.69, 9.17) is 9.26 Å². The molecule has 1 N–H and O–H groups in total. The molecule has 8 nitrogen and oxygen atoms in total. The zero-order valence-corrected chi connectivity index (χ0v) is 17.1. The van der Waals surface area contributed by atoms with E-state index in [1.807, 2.05) is 13.8 Å². The van der Waals surface area contributed by atoms with Crippen molar-refractivity contribution in [2.45, 2.75) is 78.0 Å². The fourth-order valence-corrected chi connectivity index (χ4v) is 4.35. The van der Waals surface area contributed by atoms with Crippen molar-refractivity contribution in [2.75, 3.05) is 6.61 Å². The van der Waals surface area contributed by atoms with Gasteiger partial charge in [-0.1, -0.05) is 12.1 Å². The van der Waals surface area contributed by atoms with E-state index in [2.05, 4.69) is 20.0 Å². The van der Waals surface area contributed by atoms with Crippen LogP contribution in [0.5, 0.6) is 0 Å². The number of aryl methyl sites for hydroxylation is 1. The number of carbonyl (C=O) groups is 2. The van der Waals surface area contributed by atoms with Crippen molar-refractivity contribution in [3.63, 3.8) is 0 Å². The standard InChI is InChI=1S/C21H28N4O4/c1-3-20-23-18(24-29-20)11-22-19(27)10-15-13(2)25(12-14-6-5-9-28-14)16-7-4-8-17(26)21(15)16/h14H,3-12H2,1-2H3,(H,22,27)/t14-/m1/s1. The maximum absolute atomic E-state index is 12.7. The number of hydrogen-bond acceptors (Lipinski definition) is 6. The number of ether oxygens (including phenoxy) is 1. The van der Waals surface area contributed by atoms with Gasteiger partial charge in [-0.25, -0.2) is 0 Å². The number of hydrogen-bond donors (Lipinski definition) is 1. The predicted octanol–water partition coefficient (Wildman–Crippen LogP) is 2.30. The second kappa shape index (κ2) is 8.49. The molecule has 1 aliphatic heterocycles. The third kappa shape index (κ3) is 4.12. The molecule has 0 unspecified atom stereocenters. The Morgan fingerprint density at radius 1 is 1.31 bits per heavy atom. The smallest absolute Gasteiger partial charge is 0.226 e. The van der Waals surface area contributed by atoms with Crippen LogP contribution in [0.3, 0.4) is 0 Å². The highest BCUT2D eigenvalue weighted by molar-refractivity contribution is 6.01. The Morgan fingerprint density at radius 2 is 2.17 bits per heavy atom. The van der Waals surface area contributed by atoms with Gasteiger partial charge in [-0.2, -0.15) is 4.98 Å². The number of aromatic nitrogens is 3. The highest BCUT2D eigenvalue weighted by atomic mass is 16.5. The molecule has 0 saturated carbocycles. The SMILES string of the molecule is CCc1nc(CNC(=O)Cc2c3c(n(C[C@H]4CCCO4)c2C)CCCC3=O)no1. The van der Waals surface area contributed by atoms with Crippen LogP contribution in [-0.4, -0.2) is 39.1 Å². The van der Waals surface area contributed by atoms with Crippen LogP contribution in [-0.2, 0) is 41.9 Å². The first-order valence-corrected chi connectivity index (χ1v) is 10.5. The van der Waals surface area contributed by atoms with Gasteiger partial charge in [0.05, 0.1) is 19.1 Å². The largest absolute Gasteiger partial charge is 0.376 e. The first-order valence-electron chi connectivity index (χ1n) is 10.5. The monoisotopic (exact) mass is 400 g/mol. The van der Waals surface area contributed by atoms with Gasteiger partial charge in [0, 0.05) is 42.9 Å². The lowest BCUT2D eigenvalue weighted by Crippen LogP contribution is -2.26. The molecular weight excluding hydrogens is 372 g/mol. The molecule has 1 fully saturated rings. The highest BCUT2D eigenvalue weighted by Gasteiger charge is 2.30. The van der Waals surface area contributed by atoms with E-state index in [1.54, 1.807) is 0 Å². The Morgan fingerprint density at radius 3 is 2.90 bits per heavy atom. The maximum Gasteiger partial charge on any atom is 0.226 e. The number of nitrogens with one attached hydrogen (secondary N) is 1. The summed E-state index contributed by atoms with van der Waals surface area (Å²) in [5.41, 5.74) is 3.68. The van der Waals surface area contributed by atoms with Crippen LogP contribution in [0.25, 0.3) is 0 Å². The van der Waals surface area contributed by atoms with Gasteiger partial charge >= 0.3 is 0 Å². The number of carbonyl (C=O) groups excluding carboxylic acids is 2. The van der Waals surface area contributed by atoms with Crippen molar-refractivity contribution >= 4 is 11.7 Å². The quantitative estimate of drug-likeness (QED) is 0.766. The molecule has 2 aromatic heterocycles. The van der Waals surface area contributed by atoms with Crippen LogP contribution in [0.2, 0.25) is 0 Å². The van der Waals surface area contributed by atoms with Crippen LogP contribution >= 0.6 is 0 Å². The van der Waals surface area contributed by atoms with Crippen molar-refractivity contribution in [1.82, 2.24) is 20.0 Å². The van der Waals surface area contributed by atoms with Crippen molar-refractivity contribution in [3.05, 3.63) is 34.2 Å². The molecule has 3 heterocycles. The molecule has 0 spiro atoms. The lowest BCUT2D eigenvalue weighted by atomic mass is 9.92. The van der Waals surface area contributed by atoms with Gasteiger partial charge in [0.15, 0.2) is 11.6 Å². The summed E-state index contributed by atoms with van der Waals surface area (Å²) in [4.78, 5) is 29.5. The average molecular weight is 400 g/mol. The first-order chi connectivity index (χ1) is 14.1. The Balaban J connectivity index is 1.51. The summed E-state index contributed by atoms with van der Waals surface area (Å²) in [7, 11) is 0. The molecule has 0 radical (unpaired) electrons. The van der Waals surface area contributed by atoms with Gasteiger partial charge in [-0.15, -0.1) is 0 Å². The fourth-order valence-electron chi connectivity index (χ4n) is 4.35. The minimum atomic E-state index is -0.147. The zero-order valence-electron chi connectivity index (χ0n) is 17.1. The molecule has 1 aliphatic carbocycles. The van der Waals surface area contributed by atoms with E-state index in [-0.39, 0.29) is 30.8 Å². The van der Waals surface area contributed by atoms with Crippen LogP contribution in [0, 0.1) is 6.92 Å². The minimum absolute atomic E-state index is 0.147. The fraction of sp³-hybridized carbons (Fsp3) is 0.619. The number of nitrogens with zero attached hydrogens (tertiary/aromatic N) is 3. The van der Waals surface area contributed by atoms with E-state index in [0.29, 0.717) is 24.6 Å². The first kappa shape index (κ1) is 19.8. The molecule has 0 aromatic carbocycles. The molecule has 1 amide bonds. The Labute approximate surface area is 170 Å². The van der Waals surface area contributed by atoms with Crippen LogP contribution in [0.15, 0.2) is 4.52 Å². The lowest BCUT2D eigenvalue weighted by molar-refractivity contribution is -0.120. The van der Waals surface area contributed by atoms with Gasteiger partial charge in [0.25, 0.3) is 0 Å². The number of rotatable bonds is 7. The Bertz CT molecular complexity index is 908. The minimum Gasteiger partial charge on any atom is -0.376 e. The van der Waals surface area contributed by atoms with Gasteiger partial charge in [0.1, 0.15) is 0 Å². The summed E-state index contributed by atoms with van der Waals surface area (Å²) in [6, 6.07) is 0. The van der Waals surface area contributed by atoms with Gasteiger partial charge in [0.2, 0.25) is 11.8 Å². The molecule has 156 valence electrons. The number of Topliss-reactive ketones (excluding diaryl/α,β-unsaturated/α-hetero) is 1. The van der Waals surface area contributed by atoms with Gasteiger partial charge in [-0.3, -0.25) is 9.59 Å². The topological polar surface area (TPSA) is 99.2 Å². The van der Waals surface area contributed by atoms with Crippen LogP contribution < -0.4 is 5.32 Å². The van der Waals surface area contributed by atoms with Crippen molar-refractivity contribution in [2.24, 2.45) is 0 Å². The summed E-state index contributed by atoms with van der Waals surface area (Å²) in [5, 5.41) is 6.70. The second-order valence-electron chi connectivity index (χ2n) is 7.82. The second-order valence-corrected chi connectivity index (χ2v) is 7.82. The normalized spacial score (nSPS) is 18.8. The van der Waals surface area contributed by atoms with Gasteiger partial charge in [-0.05, 0) is 38.2 Å². The lowest BCUT2D eigenvalue weighted by Gasteiger charge is -2.18. The van der Waals surface area contributed by atoms with Gasteiger partial charge < -0.3 is 19.1 Å². The molecule has 8 heteroatoms. The number of amides is 1. The van der Waals surface area contributed by atoms with Crippen LogP contribution in [0.1, 0.15) is 71.6 Å². The van der Waals surface area contributed by atoms with E-state index in [0.717, 1.165) is 61.3 Å². The third-order valence-corrected chi connectivity index (χ3v) is 5.86. The molecule has 2 aromatic rings. The molecule has 4 rings (SSSR count). The molecule has 2 aliphatic rings. The molecule has 29 heavy (non-hydrogen) atoms. The molecule has 0 bridgehead atoms. The summed E-state index contributed by atoms with van der Waals surface area (Å²) >= 11 is 0. The summed E-state index contributed by atoms with van der Waals surface area (Å²) < 4.78 is 13.1. The summed E-state index contributed by atoms with van der Waals surface area (Å²) in [6.07, 6.45) is 5.44. The van der Waals surface area contributed by atoms with E-state index < -0.39 is 0 Å². The summed E-state index contributed by atoms with van der Waals surface area (Å²) in [6.45, 7) is 5.72. The average Bonchev–Trinajstić information content (AvgIpc) is 3.44. The van der Waals surface area contributed by atoms with E-state index in [1.165, 1.54) is 0 Å². The molecule has 1 atom stereocenters. The van der Waals surface area contributed by atoms with Crippen molar-refractivity contribution in [3.8, 4) is 0 Å². The molecule has 1 saturated heterocycles. The van der Waals surface area contributed by atoms with E-state index >= 15 is 0 Å². The predicted molar refractivity (Wildman–Crippen MR) is 105 cm³/mol. The number of ketones is 1. The van der Waals surface area contributed by atoms with E-state index in [9.17, 15) is 9.59 Å². The summed E-state index contributed by atoms with van der Waals surface area (Å²) in [5.74, 6) is 1.01.